The second-order valence-corrected chi connectivity index (χ2v) is 9.75. The lowest BCUT2D eigenvalue weighted by Gasteiger charge is -2.25. The van der Waals surface area contributed by atoms with Crippen LogP contribution in [0.2, 0.25) is 0 Å². The molecule has 0 saturated heterocycles. The van der Waals surface area contributed by atoms with E-state index >= 15 is 0 Å². The van der Waals surface area contributed by atoms with E-state index in [4.69, 9.17) is 22.9 Å². The summed E-state index contributed by atoms with van der Waals surface area (Å²) in [5.74, 6) is -4.77. The average molecular weight is 565 g/mol. The number of hydrogen-bond donors (Lipinski definition) is 9. The number of aliphatic carboxylic acids is 1. The minimum Gasteiger partial charge on any atom is -0.508 e. The fourth-order valence-corrected chi connectivity index (χ4v) is 3.68. The van der Waals surface area contributed by atoms with Crippen LogP contribution in [0.1, 0.15) is 45.1 Å². The molecule has 13 N–H and O–H groups in total. The van der Waals surface area contributed by atoms with Crippen LogP contribution in [0.15, 0.2) is 29.3 Å². The summed E-state index contributed by atoms with van der Waals surface area (Å²) < 4.78 is 0. The normalized spacial score (nSPS) is 13.8. The molecule has 4 unspecified atom stereocenters. The summed E-state index contributed by atoms with van der Waals surface area (Å²) in [6.07, 6.45) is -0.0961. The van der Waals surface area contributed by atoms with Gasteiger partial charge in [0, 0.05) is 6.54 Å². The van der Waals surface area contributed by atoms with Crippen LogP contribution in [0.4, 0.5) is 0 Å². The molecule has 0 radical (unpaired) electrons. The van der Waals surface area contributed by atoms with E-state index in [1.807, 2.05) is 13.8 Å². The van der Waals surface area contributed by atoms with Crippen LogP contribution < -0.4 is 38.9 Å². The van der Waals surface area contributed by atoms with Gasteiger partial charge >= 0.3 is 5.97 Å². The number of aromatic hydroxyl groups is 1. The molecule has 40 heavy (non-hydrogen) atoms. The summed E-state index contributed by atoms with van der Waals surface area (Å²) in [7, 11) is 0. The third-order valence-corrected chi connectivity index (χ3v) is 5.67. The van der Waals surface area contributed by atoms with Crippen molar-refractivity contribution in [2.24, 2.45) is 33.8 Å². The molecule has 4 amide bonds. The third-order valence-electron chi connectivity index (χ3n) is 5.67. The second kappa shape index (κ2) is 16.5. The Hall–Kier alpha value is -4.40. The van der Waals surface area contributed by atoms with Gasteiger partial charge in [0.05, 0.1) is 12.5 Å². The Morgan fingerprint density at radius 1 is 0.875 bits per heavy atom. The maximum atomic E-state index is 13.1. The zero-order valence-corrected chi connectivity index (χ0v) is 22.6. The fourth-order valence-electron chi connectivity index (χ4n) is 3.68. The first-order valence-corrected chi connectivity index (χ1v) is 12.7. The highest BCUT2D eigenvalue weighted by molar-refractivity contribution is 5.96. The summed E-state index contributed by atoms with van der Waals surface area (Å²) in [5.41, 5.74) is 22.4. The first-order valence-electron chi connectivity index (χ1n) is 12.7. The molecule has 4 atom stereocenters. The lowest BCUT2D eigenvalue weighted by atomic mass is 10.0. The Kier molecular flexibility index (Phi) is 13.9. The lowest BCUT2D eigenvalue weighted by molar-refractivity contribution is -0.142. The minimum atomic E-state index is -1.50. The molecule has 0 bridgehead atoms. The maximum Gasteiger partial charge on any atom is 0.326 e. The number of guanidine groups is 1. The highest BCUT2D eigenvalue weighted by Gasteiger charge is 2.31. The molecule has 1 aromatic carbocycles. The standard InChI is InChI=1S/C25H40N8O7/c1-13(2)10-18(32-21(36)16(26)11-14-5-7-15(34)8-6-14)22(37)33-19(12-20(27)35)23(38)31-17(24(39)40)4-3-9-30-25(28)29/h5-8,13,16-19,34H,3-4,9-12,26H2,1-2H3,(H2,27,35)(H,31,38)(H,32,36)(H,33,37)(H,39,40)(H4,28,29,30). The van der Waals surface area contributed by atoms with Crippen LogP contribution in [0.5, 0.6) is 5.75 Å². The molecule has 0 aliphatic heterocycles. The van der Waals surface area contributed by atoms with E-state index in [0.717, 1.165) is 0 Å². The SMILES string of the molecule is CC(C)CC(NC(=O)C(N)Cc1ccc(O)cc1)C(=O)NC(CC(N)=O)C(=O)NC(CCCN=C(N)N)C(=O)O. The molecule has 1 aromatic rings. The third kappa shape index (κ3) is 12.9. The number of hydrogen-bond acceptors (Lipinski definition) is 8. The van der Waals surface area contributed by atoms with Crippen LogP contribution in [0.3, 0.4) is 0 Å². The molecule has 0 spiro atoms. The van der Waals surface area contributed by atoms with Gasteiger partial charge in [0.1, 0.15) is 23.9 Å². The van der Waals surface area contributed by atoms with Crippen LogP contribution in [0.25, 0.3) is 0 Å². The van der Waals surface area contributed by atoms with Crippen LogP contribution in [-0.4, -0.2) is 76.5 Å². The number of phenolic OH excluding ortho intramolecular Hbond substituents is 1. The van der Waals surface area contributed by atoms with Gasteiger partial charge in [-0.25, -0.2) is 4.79 Å². The largest absolute Gasteiger partial charge is 0.508 e. The number of carboxylic acid groups (broad SMARTS) is 1. The number of benzene rings is 1. The van der Waals surface area contributed by atoms with E-state index in [0.29, 0.717) is 5.56 Å². The molecule has 0 saturated carbocycles. The second-order valence-electron chi connectivity index (χ2n) is 9.75. The molecule has 0 aromatic heterocycles. The van der Waals surface area contributed by atoms with E-state index in [1.165, 1.54) is 12.1 Å². The maximum absolute atomic E-state index is 13.1. The number of rotatable bonds is 17. The number of aliphatic imine (C=N–C) groups is 1. The number of carbonyl (C=O) groups is 5. The summed E-state index contributed by atoms with van der Waals surface area (Å²) in [6.45, 7) is 3.77. The quantitative estimate of drug-likeness (QED) is 0.0558. The number of carboxylic acids is 1. The van der Waals surface area contributed by atoms with Gasteiger partial charge in [0.25, 0.3) is 0 Å². The lowest BCUT2D eigenvalue weighted by Crippen LogP contribution is -2.58. The van der Waals surface area contributed by atoms with Crippen LogP contribution >= 0.6 is 0 Å². The van der Waals surface area contributed by atoms with Crippen molar-refractivity contribution in [1.29, 1.82) is 0 Å². The summed E-state index contributed by atoms with van der Waals surface area (Å²) in [5, 5.41) is 26.2. The molecule has 15 heteroatoms. The summed E-state index contributed by atoms with van der Waals surface area (Å²) in [4.78, 5) is 65.8. The van der Waals surface area contributed by atoms with Crippen molar-refractivity contribution in [1.82, 2.24) is 16.0 Å². The van der Waals surface area contributed by atoms with E-state index < -0.39 is 60.2 Å². The van der Waals surface area contributed by atoms with E-state index in [2.05, 4.69) is 20.9 Å². The topological polar surface area (TPSA) is 278 Å². The van der Waals surface area contributed by atoms with Gasteiger partial charge in [-0.15, -0.1) is 0 Å². The highest BCUT2D eigenvalue weighted by Crippen LogP contribution is 2.12. The Balaban J connectivity index is 2.95. The Labute approximate surface area is 232 Å². The van der Waals surface area contributed by atoms with Gasteiger partial charge in [0.15, 0.2) is 5.96 Å². The first-order chi connectivity index (χ1) is 18.7. The number of phenols is 1. The summed E-state index contributed by atoms with van der Waals surface area (Å²) >= 11 is 0. The molecule has 222 valence electrons. The van der Waals surface area contributed by atoms with Crippen LogP contribution in [0, 0.1) is 5.92 Å². The molecule has 0 aliphatic rings. The zero-order chi connectivity index (χ0) is 30.4. The van der Waals surface area contributed by atoms with Crippen molar-refractivity contribution in [2.45, 2.75) is 70.1 Å². The van der Waals surface area contributed by atoms with Crippen molar-refractivity contribution in [2.75, 3.05) is 6.54 Å². The monoisotopic (exact) mass is 564 g/mol. The van der Waals surface area contributed by atoms with Gasteiger partial charge < -0.3 is 49.1 Å². The Morgan fingerprint density at radius 2 is 1.43 bits per heavy atom. The van der Waals surface area contributed by atoms with Crippen molar-refractivity contribution in [3.63, 3.8) is 0 Å². The van der Waals surface area contributed by atoms with Crippen molar-refractivity contribution >= 4 is 35.6 Å². The van der Waals surface area contributed by atoms with Gasteiger partial charge in [-0.05, 0) is 49.3 Å². The molecular formula is C25H40N8O7. The molecule has 1 rings (SSSR count). The Morgan fingerprint density at radius 3 is 1.95 bits per heavy atom. The van der Waals surface area contributed by atoms with E-state index in [-0.39, 0.29) is 49.9 Å². The molecular weight excluding hydrogens is 524 g/mol. The smallest absolute Gasteiger partial charge is 0.326 e. The van der Waals surface area contributed by atoms with Gasteiger partial charge in [0.2, 0.25) is 23.6 Å². The number of carbonyl (C=O) groups excluding carboxylic acids is 4. The molecule has 0 aliphatic carbocycles. The van der Waals surface area contributed by atoms with Crippen molar-refractivity contribution < 1.29 is 34.2 Å². The van der Waals surface area contributed by atoms with Crippen molar-refractivity contribution in [3.8, 4) is 5.75 Å². The molecule has 0 heterocycles. The predicted octanol–water partition coefficient (Wildman–Crippen LogP) is -2.22. The number of nitrogens with two attached hydrogens (primary N) is 4. The van der Waals surface area contributed by atoms with Gasteiger partial charge in [-0.3, -0.25) is 24.2 Å². The van der Waals surface area contributed by atoms with E-state index in [1.54, 1.807) is 12.1 Å². The fraction of sp³-hybridized carbons (Fsp3) is 0.520. The van der Waals surface area contributed by atoms with Gasteiger partial charge in [-0.1, -0.05) is 26.0 Å². The highest BCUT2D eigenvalue weighted by atomic mass is 16.4. The predicted molar refractivity (Wildman–Crippen MR) is 146 cm³/mol. The minimum absolute atomic E-state index is 0.0277. The average Bonchev–Trinajstić information content (AvgIpc) is 2.85. The number of nitrogens with one attached hydrogen (secondary N) is 3. The molecule has 15 nitrogen and oxygen atoms in total. The number of primary amides is 1. The summed E-state index contributed by atoms with van der Waals surface area (Å²) in [6, 6.07) is 1.15. The Bertz CT molecular complexity index is 1060. The molecule has 0 fully saturated rings. The van der Waals surface area contributed by atoms with Crippen LogP contribution in [-0.2, 0) is 30.4 Å². The van der Waals surface area contributed by atoms with Gasteiger partial charge in [-0.2, -0.15) is 0 Å². The number of nitrogens with zero attached hydrogens (tertiary/aromatic N) is 1. The zero-order valence-electron chi connectivity index (χ0n) is 22.6. The van der Waals surface area contributed by atoms with E-state index in [9.17, 15) is 34.2 Å². The van der Waals surface area contributed by atoms with Crippen molar-refractivity contribution in [3.05, 3.63) is 29.8 Å². The number of amides is 4. The first kappa shape index (κ1) is 33.6.